The maximum Gasteiger partial charge on any atom is 0.299 e. The highest BCUT2D eigenvalue weighted by Crippen LogP contribution is 2.33. The molecule has 166 valence electrons. The third-order valence-corrected chi connectivity index (χ3v) is 6.56. The fraction of sp³-hybridized carbons (Fsp3) is 0.280. The van der Waals surface area contributed by atoms with Crippen molar-refractivity contribution in [3.8, 4) is 17.2 Å². The summed E-state index contributed by atoms with van der Waals surface area (Å²) in [5, 5.41) is 15.4. The van der Waals surface area contributed by atoms with Gasteiger partial charge in [0.2, 0.25) is 5.91 Å². The molecule has 33 heavy (non-hydrogen) atoms. The highest BCUT2D eigenvalue weighted by molar-refractivity contribution is 6.52. The van der Waals surface area contributed by atoms with Crippen molar-refractivity contribution in [3.63, 3.8) is 0 Å². The molecule has 0 saturated heterocycles. The highest BCUT2D eigenvalue weighted by Gasteiger charge is 2.36. The summed E-state index contributed by atoms with van der Waals surface area (Å²) < 4.78 is 14.9. The van der Waals surface area contributed by atoms with E-state index in [1.165, 1.54) is 18.0 Å². The molecule has 0 saturated carbocycles. The zero-order chi connectivity index (χ0) is 23.3. The molecule has 2 heterocycles. The van der Waals surface area contributed by atoms with Gasteiger partial charge in [0.1, 0.15) is 17.9 Å². The molecule has 0 aromatic heterocycles. The van der Waals surface area contributed by atoms with Crippen molar-refractivity contribution in [2.75, 3.05) is 11.9 Å². The van der Waals surface area contributed by atoms with Crippen molar-refractivity contribution >= 4 is 23.3 Å². The number of fused-ring (bicyclic) bond motifs is 2. The quantitative estimate of drug-likeness (QED) is 0.544. The van der Waals surface area contributed by atoms with Gasteiger partial charge in [-0.25, -0.2) is 4.39 Å². The first-order valence-corrected chi connectivity index (χ1v) is 10.8. The van der Waals surface area contributed by atoms with E-state index in [0.717, 1.165) is 18.4 Å². The lowest BCUT2D eigenvalue weighted by atomic mass is 9.98. The van der Waals surface area contributed by atoms with Gasteiger partial charge in [0.15, 0.2) is 0 Å². The Kier molecular flexibility index (Phi) is 5.06. The van der Waals surface area contributed by atoms with E-state index in [2.05, 4.69) is 16.7 Å². The minimum absolute atomic E-state index is 0.0411. The number of ketones is 1. The van der Waals surface area contributed by atoms with Crippen molar-refractivity contribution in [2.45, 2.75) is 37.4 Å². The topological polar surface area (TPSA) is 102 Å². The van der Waals surface area contributed by atoms with E-state index < -0.39 is 29.6 Å². The van der Waals surface area contributed by atoms with Crippen LogP contribution in [0.1, 0.15) is 28.8 Å². The Bertz CT molecular complexity index is 1280. The zero-order valence-electron chi connectivity index (χ0n) is 17.9. The van der Waals surface area contributed by atoms with Crippen LogP contribution >= 0.6 is 0 Å². The number of amides is 2. The van der Waals surface area contributed by atoms with E-state index in [-0.39, 0.29) is 18.4 Å². The molecule has 7 nitrogen and oxygen atoms in total. The van der Waals surface area contributed by atoms with Gasteiger partial charge in [-0.1, -0.05) is 24.3 Å². The van der Waals surface area contributed by atoms with Gasteiger partial charge in [-0.15, -0.1) is 0 Å². The van der Waals surface area contributed by atoms with Crippen molar-refractivity contribution in [2.24, 2.45) is 0 Å². The molecule has 2 aromatic rings. The van der Waals surface area contributed by atoms with Crippen molar-refractivity contribution in [1.29, 1.82) is 5.26 Å². The summed E-state index contributed by atoms with van der Waals surface area (Å²) in [5.74, 6) is -1.91. The maximum atomic E-state index is 14.9. The molecule has 3 aliphatic rings. The standard InChI is InChI=1S/C25H21FN4O3/c1-30-21-11-14(5-7-19(21)23(31)25(30)33)13-2-3-15(20(26)10-13)8-18(12-27)29-24(32)22-16-4-6-17(9-16)28-22/h2-3,5,7,9-11,17-18,22,28H,4,6,8H2,1H3,(H,29,32)/t17-,18+,22+/m1/s1. The van der Waals surface area contributed by atoms with Crippen LogP contribution in [-0.4, -0.2) is 42.8 Å². The predicted octanol–water partition coefficient (Wildman–Crippen LogP) is 2.26. The van der Waals surface area contributed by atoms with E-state index in [1.807, 2.05) is 6.07 Å². The number of Topliss-reactive ketones (excluding diaryl/α,β-unsaturated/α-hetero) is 1. The van der Waals surface area contributed by atoms with E-state index in [9.17, 15) is 24.0 Å². The Hall–Kier alpha value is -3.83. The van der Waals surface area contributed by atoms with Crippen LogP contribution in [0, 0.1) is 17.1 Å². The predicted molar refractivity (Wildman–Crippen MR) is 119 cm³/mol. The summed E-state index contributed by atoms with van der Waals surface area (Å²) in [6.07, 6.45) is 3.97. The Labute approximate surface area is 189 Å². The molecule has 2 N–H and O–H groups in total. The number of nitriles is 1. The Morgan fingerprint density at radius 1 is 1.27 bits per heavy atom. The van der Waals surface area contributed by atoms with Crippen molar-refractivity contribution in [3.05, 3.63) is 65.0 Å². The fourth-order valence-electron chi connectivity index (χ4n) is 4.74. The molecule has 2 aromatic carbocycles. The number of anilines is 1. The SMILES string of the molecule is CN1C(=O)C(=O)c2ccc(-c3ccc(C[C@@H](C#N)NC(=O)[C@H]4N[C@H]5C=C4CC5)c(F)c3)cc21. The maximum absolute atomic E-state index is 14.9. The molecule has 8 heteroatoms. The first kappa shape index (κ1) is 21.0. The summed E-state index contributed by atoms with van der Waals surface area (Å²) in [5.41, 5.74) is 3.42. The first-order valence-electron chi connectivity index (χ1n) is 10.8. The molecule has 2 amide bonds. The van der Waals surface area contributed by atoms with E-state index in [0.29, 0.717) is 27.9 Å². The van der Waals surface area contributed by atoms with Crippen LogP contribution in [0.4, 0.5) is 10.1 Å². The summed E-state index contributed by atoms with van der Waals surface area (Å²) >= 11 is 0. The van der Waals surface area contributed by atoms with Gasteiger partial charge in [0, 0.05) is 19.5 Å². The summed E-state index contributed by atoms with van der Waals surface area (Å²) in [6, 6.07) is 10.6. The molecule has 5 rings (SSSR count). The third kappa shape index (κ3) is 3.60. The van der Waals surface area contributed by atoms with Gasteiger partial charge in [-0.2, -0.15) is 5.26 Å². The highest BCUT2D eigenvalue weighted by atomic mass is 19.1. The van der Waals surface area contributed by atoms with Crippen LogP contribution in [0.2, 0.25) is 0 Å². The Morgan fingerprint density at radius 2 is 2.03 bits per heavy atom. The number of benzene rings is 2. The summed E-state index contributed by atoms with van der Waals surface area (Å²) in [6.45, 7) is 0. The second-order valence-electron chi connectivity index (χ2n) is 8.61. The van der Waals surface area contributed by atoms with Gasteiger partial charge in [-0.3, -0.25) is 19.7 Å². The zero-order valence-corrected chi connectivity index (χ0v) is 17.9. The molecule has 3 atom stereocenters. The van der Waals surface area contributed by atoms with Gasteiger partial charge >= 0.3 is 0 Å². The minimum Gasteiger partial charge on any atom is -0.338 e. The molecule has 0 unspecified atom stereocenters. The van der Waals surface area contributed by atoms with Crippen LogP contribution in [0.3, 0.4) is 0 Å². The van der Waals surface area contributed by atoms with E-state index >= 15 is 0 Å². The summed E-state index contributed by atoms with van der Waals surface area (Å²) in [4.78, 5) is 37.7. The number of hydrogen-bond donors (Lipinski definition) is 2. The minimum atomic E-state index is -0.856. The second kappa shape index (κ2) is 7.94. The van der Waals surface area contributed by atoms with E-state index in [4.69, 9.17) is 0 Å². The Morgan fingerprint density at radius 3 is 2.70 bits per heavy atom. The number of likely N-dealkylation sites (N-methyl/N-ethyl adjacent to an activating group) is 1. The molecular weight excluding hydrogens is 423 g/mol. The molecule has 0 fully saturated rings. The molecule has 2 bridgehead atoms. The fourth-order valence-corrected chi connectivity index (χ4v) is 4.74. The summed E-state index contributed by atoms with van der Waals surface area (Å²) in [7, 11) is 1.53. The average Bonchev–Trinajstić information content (AvgIpc) is 3.51. The lowest BCUT2D eigenvalue weighted by molar-refractivity contribution is -0.122. The number of carbonyl (C=O) groups excluding carboxylic acids is 3. The number of halogens is 1. The number of rotatable bonds is 5. The van der Waals surface area contributed by atoms with Gasteiger partial charge < -0.3 is 10.2 Å². The van der Waals surface area contributed by atoms with Crippen molar-refractivity contribution < 1.29 is 18.8 Å². The van der Waals surface area contributed by atoms with Crippen LogP contribution in [0.15, 0.2) is 48.0 Å². The monoisotopic (exact) mass is 444 g/mol. The molecule has 1 aliphatic carbocycles. The van der Waals surface area contributed by atoms with Crippen molar-refractivity contribution in [1.82, 2.24) is 10.6 Å². The third-order valence-electron chi connectivity index (χ3n) is 6.56. The second-order valence-corrected chi connectivity index (χ2v) is 8.61. The van der Waals surface area contributed by atoms with Gasteiger partial charge in [-0.05, 0) is 53.3 Å². The van der Waals surface area contributed by atoms with Crippen LogP contribution in [0.25, 0.3) is 11.1 Å². The first-order chi connectivity index (χ1) is 15.9. The lowest BCUT2D eigenvalue weighted by Crippen LogP contribution is -2.50. The smallest absolute Gasteiger partial charge is 0.299 e. The number of nitrogens with zero attached hydrogens (tertiary/aromatic N) is 2. The van der Waals surface area contributed by atoms with Crippen LogP contribution in [-0.2, 0) is 16.0 Å². The number of hydrogen-bond acceptors (Lipinski definition) is 5. The normalized spacial score (nSPS) is 21.6. The molecular formula is C25H21FN4O3. The number of nitrogens with one attached hydrogen (secondary N) is 2. The van der Waals surface area contributed by atoms with Crippen LogP contribution in [0.5, 0.6) is 0 Å². The Balaban J connectivity index is 1.31. The molecule has 0 radical (unpaired) electrons. The van der Waals surface area contributed by atoms with Gasteiger partial charge in [0.05, 0.1) is 17.3 Å². The number of piperidine rings is 1. The molecule has 2 aliphatic heterocycles. The molecule has 0 spiro atoms. The van der Waals surface area contributed by atoms with Crippen LogP contribution < -0.4 is 15.5 Å². The van der Waals surface area contributed by atoms with E-state index in [1.54, 1.807) is 30.3 Å². The lowest BCUT2D eigenvalue weighted by Gasteiger charge is -2.23. The average molecular weight is 444 g/mol. The largest absolute Gasteiger partial charge is 0.338 e. The number of carbonyl (C=O) groups is 3. The van der Waals surface area contributed by atoms with Gasteiger partial charge in [0.25, 0.3) is 11.7 Å².